The Bertz CT molecular complexity index is 665. The Morgan fingerprint density at radius 2 is 1.74 bits per heavy atom. The maximum Gasteiger partial charge on any atom is 0.336 e. The second-order valence-electron chi connectivity index (χ2n) is 4.41. The molecule has 0 bridgehead atoms. The molecule has 4 heteroatoms. The SMILES string of the molecule is Cc1cc(Cl)c(-c2ccc(Br)cc2C(=O)O)cc1C. The Labute approximate surface area is 125 Å². The summed E-state index contributed by atoms with van der Waals surface area (Å²) in [6.07, 6.45) is 0. The molecule has 0 fully saturated rings. The zero-order chi connectivity index (χ0) is 14.2. The highest BCUT2D eigenvalue weighted by Crippen LogP contribution is 2.34. The van der Waals surface area contributed by atoms with E-state index in [9.17, 15) is 9.90 Å². The fraction of sp³-hybridized carbons (Fsp3) is 0.133. The summed E-state index contributed by atoms with van der Waals surface area (Å²) in [4.78, 5) is 11.3. The van der Waals surface area contributed by atoms with Crippen LogP contribution in [0, 0.1) is 13.8 Å². The van der Waals surface area contributed by atoms with E-state index >= 15 is 0 Å². The third-order valence-corrected chi connectivity index (χ3v) is 3.89. The summed E-state index contributed by atoms with van der Waals surface area (Å²) in [6.45, 7) is 3.96. The first-order chi connectivity index (χ1) is 8.90. The van der Waals surface area contributed by atoms with Gasteiger partial charge in [-0.1, -0.05) is 33.6 Å². The van der Waals surface area contributed by atoms with Gasteiger partial charge in [0.2, 0.25) is 0 Å². The van der Waals surface area contributed by atoms with Crippen LogP contribution < -0.4 is 0 Å². The van der Waals surface area contributed by atoms with Gasteiger partial charge in [-0.15, -0.1) is 0 Å². The number of hydrogen-bond acceptors (Lipinski definition) is 1. The quantitative estimate of drug-likeness (QED) is 0.828. The molecule has 19 heavy (non-hydrogen) atoms. The van der Waals surface area contributed by atoms with Crippen LogP contribution in [0.4, 0.5) is 0 Å². The maximum atomic E-state index is 11.3. The summed E-state index contributed by atoms with van der Waals surface area (Å²) in [7, 11) is 0. The van der Waals surface area contributed by atoms with E-state index < -0.39 is 5.97 Å². The van der Waals surface area contributed by atoms with Crippen molar-refractivity contribution in [2.75, 3.05) is 0 Å². The molecule has 98 valence electrons. The van der Waals surface area contributed by atoms with Crippen molar-refractivity contribution in [3.8, 4) is 11.1 Å². The summed E-state index contributed by atoms with van der Waals surface area (Å²) < 4.78 is 0.730. The van der Waals surface area contributed by atoms with Crippen LogP contribution >= 0.6 is 27.5 Å². The van der Waals surface area contributed by atoms with Crippen LogP contribution in [0.5, 0.6) is 0 Å². The minimum absolute atomic E-state index is 0.236. The Morgan fingerprint density at radius 3 is 2.37 bits per heavy atom. The predicted molar refractivity (Wildman–Crippen MR) is 81.0 cm³/mol. The fourth-order valence-corrected chi connectivity index (χ4v) is 2.60. The van der Waals surface area contributed by atoms with Crippen molar-refractivity contribution in [3.05, 3.63) is 56.5 Å². The molecule has 1 N–H and O–H groups in total. The van der Waals surface area contributed by atoms with Gasteiger partial charge in [0.15, 0.2) is 0 Å². The van der Waals surface area contributed by atoms with E-state index in [1.807, 2.05) is 32.0 Å². The predicted octanol–water partition coefficient (Wildman–Crippen LogP) is 5.08. The van der Waals surface area contributed by atoms with Crippen molar-refractivity contribution in [1.82, 2.24) is 0 Å². The van der Waals surface area contributed by atoms with Gasteiger partial charge >= 0.3 is 5.97 Å². The largest absolute Gasteiger partial charge is 0.478 e. The summed E-state index contributed by atoms with van der Waals surface area (Å²) in [5.74, 6) is -0.967. The Balaban J connectivity index is 2.72. The lowest BCUT2D eigenvalue weighted by molar-refractivity contribution is 0.0697. The zero-order valence-electron chi connectivity index (χ0n) is 10.5. The molecular formula is C15H12BrClO2. The summed E-state index contributed by atoms with van der Waals surface area (Å²) in [6, 6.07) is 8.95. The van der Waals surface area contributed by atoms with Crippen LogP contribution in [-0.4, -0.2) is 11.1 Å². The minimum atomic E-state index is -0.967. The van der Waals surface area contributed by atoms with Gasteiger partial charge in [0.05, 0.1) is 5.56 Å². The maximum absolute atomic E-state index is 11.3. The van der Waals surface area contributed by atoms with Crippen molar-refractivity contribution in [3.63, 3.8) is 0 Å². The first-order valence-electron chi connectivity index (χ1n) is 5.70. The van der Waals surface area contributed by atoms with E-state index in [4.69, 9.17) is 11.6 Å². The van der Waals surface area contributed by atoms with E-state index in [1.54, 1.807) is 12.1 Å². The fourth-order valence-electron chi connectivity index (χ4n) is 1.92. The van der Waals surface area contributed by atoms with Gasteiger partial charge in [-0.25, -0.2) is 4.79 Å². The first kappa shape index (κ1) is 14.1. The molecule has 0 spiro atoms. The van der Waals surface area contributed by atoms with E-state index in [-0.39, 0.29) is 5.56 Å². The molecule has 0 aliphatic heterocycles. The molecule has 0 amide bonds. The number of carboxylic acid groups (broad SMARTS) is 1. The monoisotopic (exact) mass is 338 g/mol. The van der Waals surface area contributed by atoms with Gasteiger partial charge in [-0.3, -0.25) is 0 Å². The van der Waals surface area contributed by atoms with Crippen LogP contribution in [-0.2, 0) is 0 Å². The van der Waals surface area contributed by atoms with Crippen LogP contribution in [0.1, 0.15) is 21.5 Å². The number of aromatic carboxylic acids is 1. The Morgan fingerprint density at radius 1 is 1.11 bits per heavy atom. The minimum Gasteiger partial charge on any atom is -0.478 e. The van der Waals surface area contributed by atoms with Gasteiger partial charge in [-0.05, 0) is 54.8 Å². The van der Waals surface area contributed by atoms with Crippen LogP contribution in [0.25, 0.3) is 11.1 Å². The second kappa shape index (κ2) is 5.35. The van der Waals surface area contributed by atoms with Gasteiger partial charge in [0, 0.05) is 15.1 Å². The van der Waals surface area contributed by atoms with Crippen molar-refractivity contribution < 1.29 is 9.90 Å². The lowest BCUT2D eigenvalue weighted by Gasteiger charge is -2.11. The average Bonchev–Trinajstić information content (AvgIpc) is 2.34. The summed E-state index contributed by atoms with van der Waals surface area (Å²) in [5, 5.41) is 9.87. The zero-order valence-corrected chi connectivity index (χ0v) is 12.8. The molecule has 0 aromatic heterocycles. The van der Waals surface area contributed by atoms with Gasteiger partial charge < -0.3 is 5.11 Å². The van der Waals surface area contributed by atoms with Gasteiger partial charge in [0.25, 0.3) is 0 Å². The molecular weight excluding hydrogens is 328 g/mol. The molecule has 0 saturated heterocycles. The van der Waals surface area contributed by atoms with Crippen LogP contribution in [0.2, 0.25) is 5.02 Å². The van der Waals surface area contributed by atoms with Crippen molar-refractivity contribution in [2.45, 2.75) is 13.8 Å². The number of benzene rings is 2. The number of aryl methyl sites for hydroxylation is 2. The summed E-state index contributed by atoms with van der Waals surface area (Å²) >= 11 is 9.53. The highest BCUT2D eigenvalue weighted by molar-refractivity contribution is 9.10. The van der Waals surface area contributed by atoms with E-state index in [0.717, 1.165) is 21.2 Å². The molecule has 0 heterocycles. The highest BCUT2D eigenvalue weighted by atomic mass is 79.9. The lowest BCUT2D eigenvalue weighted by atomic mass is 9.96. The molecule has 2 aromatic carbocycles. The number of halogens is 2. The van der Waals surface area contributed by atoms with Gasteiger partial charge in [-0.2, -0.15) is 0 Å². The van der Waals surface area contributed by atoms with Crippen molar-refractivity contribution in [2.24, 2.45) is 0 Å². The Hall–Kier alpha value is -1.32. The molecule has 2 rings (SSSR count). The number of carboxylic acids is 1. The van der Waals surface area contributed by atoms with Crippen LogP contribution in [0.15, 0.2) is 34.8 Å². The molecule has 2 aromatic rings. The molecule has 0 unspecified atom stereocenters. The normalized spacial score (nSPS) is 10.5. The third-order valence-electron chi connectivity index (χ3n) is 3.09. The topological polar surface area (TPSA) is 37.3 Å². The van der Waals surface area contributed by atoms with Gasteiger partial charge in [0.1, 0.15) is 0 Å². The number of rotatable bonds is 2. The molecule has 0 atom stereocenters. The molecule has 2 nitrogen and oxygen atoms in total. The number of carbonyl (C=O) groups is 1. The Kier molecular flexibility index (Phi) is 3.97. The third kappa shape index (κ3) is 2.82. The van der Waals surface area contributed by atoms with Crippen molar-refractivity contribution in [1.29, 1.82) is 0 Å². The lowest BCUT2D eigenvalue weighted by Crippen LogP contribution is -2.00. The molecule has 0 aliphatic carbocycles. The average molecular weight is 340 g/mol. The van der Waals surface area contributed by atoms with Crippen molar-refractivity contribution >= 4 is 33.5 Å². The van der Waals surface area contributed by atoms with E-state index in [1.165, 1.54) is 0 Å². The van der Waals surface area contributed by atoms with E-state index in [0.29, 0.717) is 10.6 Å². The van der Waals surface area contributed by atoms with E-state index in [2.05, 4.69) is 15.9 Å². The molecule has 0 radical (unpaired) electrons. The highest BCUT2D eigenvalue weighted by Gasteiger charge is 2.15. The van der Waals surface area contributed by atoms with Crippen LogP contribution in [0.3, 0.4) is 0 Å². The molecule has 0 saturated carbocycles. The second-order valence-corrected chi connectivity index (χ2v) is 5.73. The number of hydrogen-bond donors (Lipinski definition) is 1. The summed E-state index contributed by atoms with van der Waals surface area (Å²) in [5.41, 5.74) is 3.78. The molecule has 0 aliphatic rings. The smallest absolute Gasteiger partial charge is 0.336 e. The first-order valence-corrected chi connectivity index (χ1v) is 6.87. The standard InChI is InChI=1S/C15H12BrClO2/c1-8-5-12(14(17)6-9(8)2)11-4-3-10(16)7-13(11)15(18)19/h3-7H,1-2H3,(H,18,19).